The second kappa shape index (κ2) is 9.28. The number of piperazine rings is 1. The van der Waals surface area contributed by atoms with Gasteiger partial charge in [0.05, 0.1) is 0 Å². The van der Waals surface area contributed by atoms with Crippen molar-refractivity contribution >= 4 is 40.1 Å². The number of hydrogen-bond donors (Lipinski definition) is 1. The van der Waals surface area contributed by atoms with E-state index in [4.69, 9.17) is 4.98 Å². The lowest BCUT2D eigenvalue weighted by Gasteiger charge is -2.34. The van der Waals surface area contributed by atoms with Gasteiger partial charge in [0, 0.05) is 54.7 Å². The van der Waals surface area contributed by atoms with Crippen LogP contribution in [0.15, 0.2) is 59.5 Å². The minimum atomic E-state index is -0.0522. The van der Waals surface area contributed by atoms with Crippen LogP contribution in [0.3, 0.4) is 0 Å². The number of urea groups is 1. The van der Waals surface area contributed by atoms with E-state index in [1.54, 1.807) is 11.8 Å². The molecule has 2 aromatic carbocycles. The fraction of sp³-hybridized carbons (Fsp3) is 0.286. The third-order valence-corrected chi connectivity index (χ3v) is 6.40. The van der Waals surface area contributed by atoms with Crippen molar-refractivity contribution in [1.29, 1.82) is 0 Å². The minimum absolute atomic E-state index is 0.0522. The molecule has 0 spiro atoms. The topological polar surface area (TPSA) is 61.4 Å². The van der Waals surface area contributed by atoms with E-state index in [0.29, 0.717) is 13.1 Å². The van der Waals surface area contributed by atoms with Gasteiger partial charge < -0.3 is 15.1 Å². The highest BCUT2D eigenvalue weighted by Crippen LogP contribution is 2.21. The van der Waals surface area contributed by atoms with Gasteiger partial charge in [-0.1, -0.05) is 30.3 Å². The average Bonchev–Trinajstić information content (AvgIpc) is 3.23. The zero-order chi connectivity index (χ0) is 20.1. The number of aromatic nitrogens is 2. The van der Waals surface area contributed by atoms with Gasteiger partial charge in [-0.15, -0.1) is 11.8 Å². The number of anilines is 2. The van der Waals surface area contributed by atoms with Gasteiger partial charge in [0.25, 0.3) is 0 Å². The lowest BCUT2D eigenvalue weighted by atomic mass is 10.1. The molecule has 2 heterocycles. The number of carbonyl (C=O) groups excluding carboxylic acids is 1. The first-order valence-corrected chi connectivity index (χ1v) is 11.5. The van der Waals surface area contributed by atoms with Crippen LogP contribution in [-0.4, -0.2) is 52.7 Å². The standard InChI is InChI=1S/C21H23N5OS2/c1-28-18-9-7-17(8-10-18)22-20(27)25-11-13-26(14-12-25)21-23-19(24-29-21)15-16-5-3-2-4-6-16/h2-10H,11-15H2,1H3,(H,22,27). The number of carbonyl (C=O) groups is 1. The number of hydrogen-bond acceptors (Lipinski definition) is 6. The Kier molecular flexibility index (Phi) is 6.31. The van der Waals surface area contributed by atoms with Gasteiger partial charge in [-0.3, -0.25) is 0 Å². The lowest BCUT2D eigenvalue weighted by Crippen LogP contribution is -2.50. The summed E-state index contributed by atoms with van der Waals surface area (Å²) in [5.74, 6) is 0.852. The van der Waals surface area contributed by atoms with Crippen LogP contribution >= 0.6 is 23.3 Å². The Bertz CT molecular complexity index is 937. The van der Waals surface area contributed by atoms with E-state index in [1.165, 1.54) is 22.0 Å². The molecule has 29 heavy (non-hydrogen) atoms. The minimum Gasteiger partial charge on any atom is -0.343 e. The molecule has 1 saturated heterocycles. The van der Waals surface area contributed by atoms with Crippen LogP contribution < -0.4 is 10.2 Å². The summed E-state index contributed by atoms with van der Waals surface area (Å²) in [6, 6.07) is 18.1. The summed E-state index contributed by atoms with van der Waals surface area (Å²) in [6.45, 7) is 2.86. The fourth-order valence-electron chi connectivity index (χ4n) is 3.20. The Balaban J connectivity index is 1.29. The summed E-state index contributed by atoms with van der Waals surface area (Å²) < 4.78 is 4.51. The Labute approximate surface area is 179 Å². The number of nitrogens with zero attached hydrogens (tertiary/aromatic N) is 4. The summed E-state index contributed by atoms with van der Waals surface area (Å²) in [4.78, 5) is 22.5. The highest BCUT2D eigenvalue weighted by molar-refractivity contribution is 7.98. The molecular weight excluding hydrogens is 402 g/mol. The molecule has 150 valence electrons. The first-order chi connectivity index (χ1) is 14.2. The maximum atomic E-state index is 12.5. The second-order valence-corrected chi connectivity index (χ2v) is 8.40. The largest absolute Gasteiger partial charge is 0.343 e. The molecule has 1 aromatic heterocycles. The lowest BCUT2D eigenvalue weighted by molar-refractivity contribution is 0.208. The zero-order valence-corrected chi connectivity index (χ0v) is 17.9. The summed E-state index contributed by atoms with van der Waals surface area (Å²) in [6.07, 6.45) is 2.78. The van der Waals surface area contributed by atoms with Gasteiger partial charge >= 0.3 is 6.03 Å². The van der Waals surface area contributed by atoms with Gasteiger partial charge in [0.1, 0.15) is 5.82 Å². The number of benzene rings is 2. The third kappa shape index (κ3) is 5.07. The summed E-state index contributed by atoms with van der Waals surface area (Å²) >= 11 is 3.12. The molecule has 3 aromatic rings. The van der Waals surface area contributed by atoms with E-state index in [9.17, 15) is 4.79 Å². The van der Waals surface area contributed by atoms with E-state index in [2.05, 4.69) is 26.7 Å². The fourth-order valence-corrected chi connectivity index (χ4v) is 4.35. The first kappa shape index (κ1) is 19.7. The predicted molar refractivity (Wildman–Crippen MR) is 120 cm³/mol. The van der Waals surface area contributed by atoms with E-state index in [1.807, 2.05) is 53.6 Å². The van der Waals surface area contributed by atoms with Crippen molar-refractivity contribution < 1.29 is 4.79 Å². The first-order valence-electron chi connectivity index (χ1n) is 9.53. The van der Waals surface area contributed by atoms with Gasteiger partial charge in [0.15, 0.2) is 0 Å². The van der Waals surface area contributed by atoms with Crippen LogP contribution in [0.1, 0.15) is 11.4 Å². The van der Waals surface area contributed by atoms with Crippen molar-refractivity contribution in [2.75, 3.05) is 42.7 Å². The molecule has 1 aliphatic rings. The number of thioether (sulfide) groups is 1. The number of amides is 2. The molecule has 0 unspecified atom stereocenters. The number of rotatable bonds is 5. The van der Waals surface area contributed by atoms with Gasteiger partial charge in [-0.05, 0) is 36.1 Å². The van der Waals surface area contributed by atoms with Crippen LogP contribution in [0.5, 0.6) is 0 Å². The van der Waals surface area contributed by atoms with Crippen LogP contribution in [0.2, 0.25) is 0 Å². The van der Waals surface area contributed by atoms with Gasteiger partial charge in [-0.2, -0.15) is 4.37 Å². The Morgan fingerprint density at radius 3 is 2.48 bits per heavy atom. The third-order valence-electron chi connectivity index (χ3n) is 4.84. The summed E-state index contributed by atoms with van der Waals surface area (Å²) in [5.41, 5.74) is 2.04. The van der Waals surface area contributed by atoms with Gasteiger partial charge in [-0.25, -0.2) is 9.78 Å². The monoisotopic (exact) mass is 425 g/mol. The van der Waals surface area contributed by atoms with Crippen molar-refractivity contribution in [3.05, 3.63) is 66.0 Å². The van der Waals surface area contributed by atoms with Crippen molar-refractivity contribution in [1.82, 2.24) is 14.3 Å². The normalized spacial score (nSPS) is 14.1. The van der Waals surface area contributed by atoms with Crippen molar-refractivity contribution in [3.8, 4) is 0 Å². The maximum absolute atomic E-state index is 12.5. The molecule has 1 fully saturated rings. The molecule has 6 nitrogen and oxygen atoms in total. The SMILES string of the molecule is CSc1ccc(NC(=O)N2CCN(c3nc(Cc4ccccc4)ns3)CC2)cc1. The van der Waals surface area contributed by atoms with Crippen molar-refractivity contribution in [2.45, 2.75) is 11.3 Å². The molecule has 2 amide bonds. The van der Waals surface area contributed by atoms with E-state index >= 15 is 0 Å². The quantitative estimate of drug-likeness (QED) is 0.621. The molecule has 0 radical (unpaired) electrons. The summed E-state index contributed by atoms with van der Waals surface area (Å²) in [5, 5.41) is 3.92. The Morgan fingerprint density at radius 2 is 1.79 bits per heavy atom. The van der Waals surface area contributed by atoms with Crippen molar-refractivity contribution in [2.24, 2.45) is 0 Å². The molecule has 4 rings (SSSR count). The molecule has 0 saturated carbocycles. The Morgan fingerprint density at radius 1 is 1.07 bits per heavy atom. The molecule has 1 aliphatic heterocycles. The number of nitrogens with one attached hydrogen (secondary N) is 1. The molecule has 1 N–H and O–H groups in total. The average molecular weight is 426 g/mol. The highest BCUT2D eigenvalue weighted by atomic mass is 32.2. The van der Waals surface area contributed by atoms with Crippen LogP contribution in [0.4, 0.5) is 15.6 Å². The Hall–Kier alpha value is -2.58. The molecular formula is C21H23N5OS2. The smallest absolute Gasteiger partial charge is 0.321 e. The highest BCUT2D eigenvalue weighted by Gasteiger charge is 2.23. The van der Waals surface area contributed by atoms with E-state index < -0.39 is 0 Å². The van der Waals surface area contributed by atoms with Crippen LogP contribution in [-0.2, 0) is 6.42 Å². The zero-order valence-electron chi connectivity index (χ0n) is 16.2. The van der Waals surface area contributed by atoms with E-state index in [0.717, 1.165) is 36.2 Å². The van der Waals surface area contributed by atoms with Crippen LogP contribution in [0, 0.1) is 0 Å². The molecule has 0 atom stereocenters. The molecule has 0 aliphatic carbocycles. The van der Waals surface area contributed by atoms with Crippen molar-refractivity contribution in [3.63, 3.8) is 0 Å². The molecule has 8 heteroatoms. The second-order valence-electron chi connectivity index (χ2n) is 6.79. The molecule has 0 bridgehead atoms. The predicted octanol–water partition coefficient (Wildman–Crippen LogP) is 4.20. The van der Waals surface area contributed by atoms with Gasteiger partial charge in [0.2, 0.25) is 5.13 Å². The summed E-state index contributed by atoms with van der Waals surface area (Å²) in [7, 11) is 0. The van der Waals surface area contributed by atoms with E-state index in [-0.39, 0.29) is 6.03 Å². The van der Waals surface area contributed by atoms with Crippen LogP contribution in [0.25, 0.3) is 0 Å². The maximum Gasteiger partial charge on any atom is 0.321 e.